The van der Waals surface area contributed by atoms with Crippen LogP contribution in [0.25, 0.3) is 21.8 Å². The summed E-state index contributed by atoms with van der Waals surface area (Å²) in [6, 6.07) is 10.5. The largest absolute Gasteiger partial charge is 0.493 e. The lowest BCUT2D eigenvalue weighted by Crippen LogP contribution is -2.04. The van der Waals surface area contributed by atoms with Crippen LogP contribution in [0, 0.1) is 0 Å². The molecule has 0 aliphatic carbocycles. The standard InChI is InChI=1S/C18H14F3NO2S/c1-23-15-8-4-7-13(16(15)24-2)17-22-14(10-25-17)11-5-3-6-12(9-11)18(19,20)21/h3-10H,1-2H3. The number of hydrogen-bond donors (Lipinski definition) is 0. The average Bonchev–Trinajstić information content (AvgIpc) is 3.10. The van der Waals surface area contributed by atoms with E-state index >= 15 is 0 Å². The van der Waals surface area contributed by atoms with Crippen LogP contribution < -0.4 is 9.47 Å². The summed E-state index contributed by atoms with van der Waals surface area (Å²) in [5.74, 6) is 1.10. The molecule has 0 spiro atoms. The highest BCUT2D eigenvalue weighted by atomic mass is 32.1. The first kappa shape index (κ1) is 17.3. The number of ether oxygens (including phenoxy) is 2. The van der Waals surface area contributed by atoms with E-state index in [-0.39, 0.29) is 0 Å². The molecule has 0 bridgehead atoms. The van der Waals surface area contributed by atoms with E-state index in [2.05, 4.69) is 4.98 Å². The molecule has 1 heterocycles. The lowest BCUT2D eigenvalue weighted by atomic mass is 10.1. The number of para-hydroxylation sites is 1. The van der Waals surface area contributed by atoms with Crippen molar-refractivity contribution in [2.24, 2.45) is 0 Å². The normalized spacial score (nSPS) is 11.4. The maximum atomic E-state index is 12.9. The van der Waals surface area contributed by atoms with Crippen molar-refractivity contribution in [3.8, 4) is 33.3 Å². The molecule has 0 atom stereocenters. The number of hydrogen-bond acceptors (Lipinski definition) is 4. The number of nitrogens with zero attached hydrogens (tertiary/aromatic N) is 1. The molecule has 3 nitrogen and oxygen atoms in total. The van der Waals surface area contributed by atoms with Gasteiger partial charge in [0.25, 0.3) is 0 Å². The van der Waals surface area contributed by atoms with E-state index in [9.17, 15) is 13.2 Å². The van der Waals surface area contributed by atoms with E-state index in [0.717, 1.165) is 17.7 Å². The zero-order valence-electron chi connectivity index (χ0n) is 13.4. The molecule has 0 aliphatic rings. The molecule has 1 aromatic heterocycles. The van der Waals surface area contributed by atoms with Gasteiger partial charge in [-0.05, 0) is 24.3 Å². The van der Waals surface area contributed by atoms with Crippen LogP contribution in [0.3, 0.4) is 0 Å². The van der Waals surface area contributed by atoms with Crippen molar-refractivity contribution in [1.29, 1.82) is 0 Å². The molecule has 2 aromatic carbocycles. The second-order valence-electron chi connectivity index (χ2n) is 5.16. The molecule has 0 radical (unpaired) electrons. The fourth-order valence-electron chi connectivity index (χ4n) is 2.44. The first-order valence-corrected chi connectivity index (χ1v) is 8.16. The first-order valence-electron chi connectivity index (χ1n) is 7.28. The van der Waals surface area contributed by atoms with Gasteiger partial charge in [-0.2, -0.15) is 13.2 Å². The van der Waals surface area contributed by atoms with Crippen LogP contribution in [0.5, 0.6) is 11.5 Å². The molecule has 0 amide bonds. The molecule has 25 heavy (non-hydrogen) atoms. The van der Waals surface area contributed by atoms with E-state index in [1.807, 2.05) is 12.1 Å². The summed E-state index contributed by atoms with van der Waals surface area (Å²) in [4.78, 5) is 4.47. The van der Waals surface area contributed by atoms with Crippen molar-refractivity contribution in [3.63, 3.8) is 0 Å². The van der Waals surface area contributed by atoms with Crippen LogP contribution in [0.1, 0.15) is 5.56 Å². The SMILES string of the molecule is COc1cccc(-c2nc(-c3cccc(C(F)(F)F)c3)cs2)c1OC. The number of alkyl halides is 3. The number of methoxy groups -OCH3 is 2. The Morgan fingerprint density at radius 1 is 1.00 bits per heavy atom. The number of thiazole rings is 1. The molecule has 0 N–H and O–H groups in total. The van der Waals surface area contributed by atoms with Gasteiger partial charge >= 0.3 is 6.18 Å². The lowest BCUT2D eigenvalue weighted by molar-refractivity contribution is -0.137. The molecule has 3 aromatic rings. The van der Waals surface area contributed by atoms with Gasteiger partial charge in [0.2, 0.25) is 0 Å². The monoisotopic (exact) mass is 365 g/mol. The summed E-state index contributed by atoms with van der Waals surface area (Å²) >= 11 is 1.33. The molecule has 130 valence electrons. The highest BCUT2D eigenvalue weighted by molar-refractivity contribution is 7.13. The van der Waals surface area contributed by atoms with Gasteiger partial charge in [-0.1, -0.05) is 18.2 Å². The van der Waals surface area contributed by atoms with Gasteiger partial charge in [-0.25, -0.2) is 4.98 Å². The third kappa shape index (κ3) is 3.46. The van der Waals surface area contributed by atoms with E-state index in [0.29, 0.717) is 27.8 Å². The maximum absolute atomic E-state index is 12.9. The minimum absolute atomic E-state index is 0.416. The molecule has 0 saturated carbocycles. The summed E-state index contributed by atoms with van der Waals surface area (Å²) < 4.78 is 49.3. The van der Waals surface area contributed by atoms with Crippen molar-refractivity contribution < 1.29 is 22.6 Å². The van der Waals surface area contributed by atoms with Crippen molar-refractivity contribution in [1.82, 2.24) is 4.98 Å². The van der Waals surface area contributed by atoms with Crippen molar-refractivity contribution in [3.05, 3.63) is 53.4 Å². The quantitative estimate of drug-likeness (QED) is 0.611. The number of rotatable bonds is 4. The Kier molecular flexibility index (Phi) is 4.67. The Labute approximate surface area is 146 Å². The van der Waals surface area contributed by atoms with Crippen molar-refractivity contribution in [2.75, 3.05) is 14.2 Å². The second-order valence-corrected chi connectivity index (χ2v) is 6.02. The molecular formula is C18H14F3NO2S. The van der Waals surface area contributed by atoms with Gasteiger partial charge in [-0.15, -0.1) is 11.3 Å². The molecule has 0 fully saturated rings. The van der Waals surface area contributed by atoms with E-state index in [1.165, 1.54) is 31.6 Å². The topological polar surface area (TPSA) is 31.4 Å². The zero-order valence-corrected chi connectivity index (χ0v) is 14.2. The summed E-state index contributed by atoms with van der Waals surface area (Å²) in [5.41, 5.74) is 0.929. The van der Waals surface area contributed by atoms with Gasteiger partial charge in [-0.3, -0.25) is 0 Å². The second kappa shape index (κ2) is 6.76. The van der Waals surface area contributed by atoms with Gasteiger partial charge in [0, 0.05) is 10.9 Å². The molecule has 0 saturated heterocycles. The zero-order chi connectivity index (χ0) is 18.0. The van der Waals surface area contributed by atoms with Gasteiger partial charge < -0.3 is 9.47 Å². The van der Waals surface area contributed by atoms with Crippen LogP contribution in [-0.4, -0.2) is 19.2 Å². The summed E-state index contributed by atoms with van der Waals surface area (Å²) in [6.45, 7) is 0. The third-order valence-corrected chi connectivity index (χ3v) is 4.50. The highest BCUT2D eigenvalue weighted by Gasteiger charge is 2.30. The van der Waals surface area contributed by atoms with Crippen LogP contribution in [0.4, 0.5) is 13.2 Å². The van der Waals surface area contributed by atoms with Crippen LogP contribution in [-0.2, 0) is 6.18 Å². The van der Waals surface area contributed by atoms with Crippen LogP contribution >= 0.6 is 11.3 Å². The number of halogens is 3. The minimum Gasteiger partial charge on any atom is -0.493 e. The molecule has 7 heteroatoms. The van der Waals surface area contributed by atoms with Gasteiger partial charge in [0.05, 0.1) is 31.0 Å². The fraction of sp³-hybridized carbons (Fsp3) is 0.167. The average molecular weight is 365 g/mol. The van der Waals surface area contributed by atoms with Gasteiger partial charge in [0.1, 0.15) is 5.01 Å². The third-order valence-electron chi connectivity index (χ3n) is 3.62. The van der Waals surface area contributed by atoms with Crippen molar-refractivity contribution >= 4 is 11.3 Å². The molecular weight excluding hydrogens is 351 g/mol. The Hall–Kier alpha value is -2.54. The summed E-state index contributed by atoms with van der Waals surface area (Å²) in [5, 5.41) is 2.37. The Balaban J connectivity index is 2.02. The molecule has 3 rings (SSSR count). The minimum atomic E-state index is -4.38. The van der Waals surface area contributed by atoms with Gasteiger partial charge in [0.15, 0.2) is 11.5 Å². The van der Waals surface area contributed by atoms with Crippen LogP contribution in [0.2, 0.25) is 0 Å². The first-order chi connectivity index (χ1) is 11.9. The Morgan fingerprint density at radius 3 is 2.44 bits per heavy atom. The lowest BCUT2D eigenvalue weighted by Gasteiger charge is -2.10. The Bertz CT molecular complexity index is 890. The molecule has 0 unspecified atom stereocenters. The molecule has 0 aliphatic heterocycles. The highest BCUT2D eigenvalue weighted by Crippen LogP contribution is 2.40. The van der Waals surface area contributed by atoms with E-state index in [4.69, 9.17) is 9.47 Å². The summed E-state index contributed by atoms with van der Waals surface area (Å²) in [7, 11) is 3.07. The maximum Gasteiger partial charge on any atom is 0.416 e. The van der Waals surface area contributed by atoms with Crippen molar-refractivity contribution in [2.45, 2.75) is 6.18 Å². The van der Waals surface area contributed by atoms with E-state index in [1.54, 1.807) is 17.5 Å². The fourth-order valence-corrected chi connectivity index (χ4v) is 3.29. The van der Waals surface area contributed by atoms with E-state index < -0.39 is 11.7 Å². The Morgan fingerprint density at radius 2 is 1.76 bits per heavy atom. The summed E-state index contributed by atoms with van der Waals surface area (Å²) in [6.07, 6.45) is -4.38. The predicted octanol–water partition coefficient (Wildman–Crippen LogP) is 5.51. The predicted molar refractivity (Wildman–Crippen MR) is 91.1 cm³/mol. The van der Waals surface area contributed by atoms with Crippen LogP contribution in [0.15, 0.2) is 47.8 Å². The number of aromatic nitrogens is 1. The number of benzene rings is 2. The smallest absolute Gasteiger partial charge is 0.416 e.